The molecule has 2 aromatic rings. The van der Waals surface area contributed by atoms with Gasteiger partial charge in [-0.25, -0.2) is 0 Å². The van der Waals surface area contributed by atoms with Crippen LogP contribution in [-0.4, -0.2) is 64.3 Å². The van der Waals surface area contributed by atoms with Crippen LogP contribution in [0.3, 0.4) is 0 Å². The number of rotatable bonds is 7. The largest absolute Gasteiger partial charge is 0.339 e. The lowest BCUT2D eigenvalue weighted by atomic mass is 10.2. The highest BCUT2D eigenvalue weighted by Gasteiger charge is 2.21. The second-order valence-electron chi connectivity index (χ2n) is 6.56. The van der Waals surface area contributed by atoms with Gasteiger partial charge in [0.05, 0.1) is 11.5 Å². The van der Waals surface area contributed by atoms with E-state index >= 15 is 0 Å². The standard InChI is InChI=1S/C20H23ClN4O2S/c21-17-1-3-18(4-2-17)23-19(26)14-28-15-20(27)25-11-9-24(10-12-25)13-16-5-7-22-8-6-16/h1-8H,9-15H2,(H,23,26). The monoisotopic (exact) mass is 418 g/mol. The molecular formula is C20H23ClN4O2S. The molecule has 1 aromatic heterocycles. The van der Waals surface area contributed by atoms with Crippen LogP contribution in [-0.2, 0) is 16.1 Å². The highest BCUT2D eigenvalue weighted by Crippen LogP contribution is 2.14. The van der Waals surface area contributed by atoms with Crippen molar-refractivity contribution in [2.75, 3.05) is 43.0 Å². The molecule has 0 saturated carbocycles. The Labute approximate surface area is 174 Å². The van der Waals surface area contributed by atoms with E-state index in [1.165, 1.54) is 17.3 Å². The van der Waals surface area contributed by atoms with Gasteiger partial charge in [0.1, 0.15) is 0 Å². The van der Waals surface area contributed by atoms with Gasteiger partial charge in [-0.2, -0.15) is 0 Å². The number of halogens is 1. The molecule has 0 atom stereocenters. The molecule has 0 spiro atoms. The number of carbonyl (C=O) groups excluding carboxylic acids is 2. The summed E-state index contributed by atoms with van der Waals surface area (Å²) in [4.78, 5) is 32.6. The van der Waals surface area contributed by atoms with Crippen LogP contribution >= 0.6 is 23.4 Å². The van der Waals surface area contributed by atoms with Crippen LogP contribution in [0.2, 0.25) is 5.02 Å². The summed E-state index contributed by atoms with van der Waals surface area (Å²) in [5.74, 6) is 0.532. The van der Waals surface area contributed by atoms with Crippen molar-refractivity contribution in [3.8, 4) is 0 Å². The molecule has 1 N–H and O–H groups in total. The van der Waals surface area contributed by atoms with Gasteiger partial charge >= 0.3 is 0 Å². The van der Waals surface area contributed by atoms with Gasteiger partial charge in [-0.15, -0.1) is 11.8 Å². The van der Waals surface area contributed by atoms with Crippen molar-refractivity contribution in [1.29, 1.82) is 0 Å². The van der Waals surface area contributed by atoms with Gasteiger partial charge in [0.25, 0.3) is 0 Å². The van der Waals surface area contributed by atoms with E-state index in [9.17, 15) is 9.59 Å². The normalized spacial score (nSPS) is 14.7. The Morgan fingerprint density at radius 3 is 2.36 bits per heavy atom. The number of aromatic nitrogens is 1. The molecule has 28 heavy (non-hydrogen) atoms. The smallest absolute Gasteiger partial charge is 0.234 e. The van der Waals surface area contributed by atoms with Gasteiger partial charge in [-0.3, -0.25) is 19.5 Å². The minimum absolute atomic E-state index is 0.0906. The summed E-state index contributed by atoms with van der Waals surface area (Å²) in [5.41, 5.74) is 1.93. The van der Waals surface area contributed by atoms with E-state index in [2.05, 4.69) is 15.2 Å². The number of piperazine rings is 1. The van der Waals surface area contributed by atoms with Crippen LogP contribution in [0, 0.1) is 0 Å². The summed E-state index contributed by atoms with van der Waals surface area (Å²) in [6, 6.07) is 11.0. The quantitative estimate of drug-likeness (QED) is 0.749. The Balaban J connectivity index is 1.33. The molecule has 1 aliphatic heterocycles. The SMILES string of the molecule is O=C(CSCC(=O)N1CCN(Cc2ccncc2)CC1)Nc1ccc(Cl)cc1. The van der Waals surface area contributed by atoms with Crippen LogP contribution in [0.1, 0.15) is 5.56 Å². The lowest BCUT2D eigenvalue weighted by molar-refractivity contribution is -0.130. The second kappa shape index (κ2) is 10.5. The highest BCUT2D eigenvalue weighted by molar-refractivity contribution is 8.00. The van der Waals surface area contributed by atoms with E-state index in [1.807, 2.05) is 17.0 Å². The van der Waals surface area contributed by atoms with E-state index in [4.69, 9.17) is 11.6 Å². The van der Waals surface area contributed by atoms with E-state index in [0.717, 1.165) is 32.7 Å². The molecule has 3 rings (SSSR count). The number of hydrogen-bond donors (Lipinski definition) is 1. The first-order valence-electron chi connectivity index (χ1n) is 9.12. The molecule has 2 heterocycles. The van der Waals surface area contributed by atoms with Crippen molar-refractivity contribution in [1.82, 2.24) is 14.8 Å². The number of amides is 2. The maximum atomic E-state index is 12.4. The topological polar surface area (TPSA) is 65.5 Å². The number of hydrogen-bond acceptors (Lipinski definition) is 5. The molecule has 1 aliphatic rings. The summed E-state index contributed by atoms with van der Waals surface area (Å²) in [6.45, 7) is 4.04. The molecule has 2 amide bonds. The summed E-state index contributed by atoms with van der Waals surface area (Å²) in [7, 11) is 0. The van der Waals surface area contributed by atoms with Gasteiger partial charge in [-0.1, -0.05) is 11.6 Å². The first-order valence-corrected chi connectivity index (χ1v) is 10.7. The molecular weight excluding hydrogens is 396 g/mol. The molecule has 6 nitrogen and oxygen atoms in total. The summed E-state index contributed by atoms with van der Waals surface area (Å²) in [6.07, 6.45) is 3.60. The minimum atomic E-state index is -0.123. The predicted molar refractivity (Wildman–Crippen MR) is 114 cm³/mol. The fourth-order valence-electron chi connectivity index (χ4n) is 2.95. The Morgan fingerprint density at radius 1 is 1.00 bits per heavy atom. The van der Waals surface area contributed by atoms with Crippen molar-refractivity contribution in [3.63, 3.8) is 0 Å². The van der Waals surface area contributed by atoms with Gasteiger partial charge in [0.15, 0.2) is 0 Å². The van der Waals surface area contributed by atoms with E-state index in [1.54, 1.807) is 36.7 Å². The third kappa shape index (κ3) is 6.51. The van der Waals surface area contributed by atoms with Crippen molar-refractivity contribution in [2.45, 2.75) is 6.54 Å². The van der Waals surface area contributed by atoms with Crippen LogP contribution < -0.4 is 5.32 Å². The van der Waals surface area contributed by atoms with Crippen molar-refractivity contribution < 1.29 is 9.59 Å². The van der Waals surface area contributed by atoms with Crippen LogP contribution in [0.15, 0.2) is 48.8 Å². The number of nitrogens with zero attached hydrogens (tertiary/aromatic N) is 3. The lowest BCUT2D eigenvalue weighted by Gasteiger charge is -2.34. The van der Waals surface area contributed by atoms with Gasteiger partial charge in [-0.05, 0) is 42.0 Å². The van der Waals surface area contributed by atoms with Gasteiger partial charge in [0, 0.05) is 55.8 Å². The third-order valence-corrected chi connectivity index (χ3v) is 5.64. The van der Waals surface area contributed by atoms with E-state index in [0.29, 0.717) is 16.5 Å². The van der Waals surface area contributed by atoms with Crippen LogP contribution in [0.25, 0.3) is 0 Å². The van der Waals surface area contributed by atoms with Crippen LogP contribution in [0.4, 0.5) is 5.69 Å². The maximum absolute atomic E-state index is 12.4. The Hall–Kier alpha value is -2.09. The molecule has 1 saturated heterocycles. The molecule has 1 aromatic carbocycles. The zero-order valence-electron chi connectivity index (χ0n) is 15.5. The van der Waals surface area contributed by atoms with Crippen LogP contribution in [0.5, 0.6) is 0 Å². The maximum Gasteiger partial charge on any atom is 0.234 e. The summed E-state index contributed by atoms with van der Waals surface area (Å²) < 4.78 is 0. The molecule has 0 bridgehead atoms. The minimum Gasteiger partial charge on any atom is -0.339 e. The van der Waals surface area contributed by atoms with Crippen molar-refractivity contribution >= 4 is 40.9 Å². The Bertz CT molecular complexity index is 781. The number of carbonyl (C=O) groups is 2. The first-order chi connectivity index (χ1) is 13.6. The van der Waals surface area contributed by atoms with Crippen molar-refractivity contribution in [3.05, 3.63) is 59.4 Å². The van der Waals surface area contributed by atoms with E-state index in [-0.39, 0.29) is 17.6 Å². The zero-order valence-corrected chi connectivity index (χ0v) is 17.1. The van der Waals surface area contributed by atoms with E-state index < -0.39 is 0 Å². The first kappa shape index (κ1) is 20.6. The third-order valence-electron chi connectivity index (χ3n) is 4.47. The lowest BCUT2D eigenvalue weighted by Crippen LogP contribution is -2.48. The molecule has 1 fully saturated rings. The number of anilines is 1. The van der Waals surface area contributed by atoms with Gasteiger partial charge in [0.2, 0.25) is 11.8 Å². The fraction of sp³-hybridized carbons (Fsp3) is 0.350. The molecule has 0 radical (unpaired) electrons. The molecule has 0 aliphatic carbocycles. The Kier molecular flexibility index (Phi) is 7.71. The average Bonchev–Trinajstić information content (AvgIpc) is 2.71. The molecule has 0 unspecified atom stereocenters. The summed E-state index contributed by atoms with van der Waals surface area (Å²) >= 11 is 7.16. The summed E-state index contributed by atoms with van der Waals surface area (Å²) in [5, 5.41) is 3.42. The predicted octanol–water partition coefficient (Wildman–Crippen LogP) is 2.75. The number of pyridine rings is 1. The van der Waals surface area contributed by atoms with Crippen molar-refractivity contribution in [2.24, 2.45) is 0 Å². The zero-order chi connectivity index (χ0) is 19.8. The number of benzene rings is 1. The molecule has 148 valence electrons. The number of thioether (sulfide) groups is 1. The highest BCUT2D eigenvalue weighted by atomic mass is 35.5. The second-order valence-corrected chi connectivity index (χ2v) is 7.98. The number of nitrogens with one attached hydrogen (secondary N) is 1. The average molecular weight is 419 g/mol. The van der Waals surface area contributed by atoms with Gasteiger partial charge < -0.3 is 10.2 Å². The Morgan fingerprint density at radius 2 is 1.68 bits per heavy atom. The fourth-order valence-corrected chi connectivity index (χ4v) is 3.80. The molecule has 8 heteroatoms.